The molecule has 0 aliphatic rings. The first-order chi connectivity index (χ1) is 7.61. The van der Waals surface area contributed by atoms with Crippen LogP contribution in [0.5, 0.6) is 0 Å². The van der Waals surface area contributed by atoms with Gasteiger partial charge < -0.3 is 9.52 Å². The molecule has 2 nitrogen and oxygen atoms in total. The number of aliphatic hydroxyl groups excluding tert-OH is 1. The lowest BCUT2D eigenvalue weighted by atomic mass is 10.1. The van der Waals surface area contributed by atoms with Crippen molar-refractivity contribution >= 4 is 26.9 Å². The molecule has 0 fully saturated rings. The molecule has 1 unspecified atom stereocenters. The normalized spacial score (nSPS) is 13.2. The summed E-state index contributed by atoms with van der Waals surface area (Å²) in [5.74, 6) is 0.891. The molecular formula is C13H15BrO2. The number of aliphatic hydroxyl groups is 1. The minimum Gasteiger partial charge on any atom is -0.461 e. The van der Waals surface area contributed by atoms with Crippen molar-refractivity contribution in [3.8, 4) is 0 Å². The van der Waals surface area contributed by atoms with Crippen molar-refractivity contribution < 1.29 is 9.52 Å². The van der Waals surface area contributed by atoms with E-state index in [-0.39, 0.29) is 6.10 Å². The van der Waals surface area contributed by atoms with Gasteiger partial charge in [0.05, 0.1) is 6.10 Å². The van der Waals surface area contributed by atoms with Crippen LogP contribution >= 0.6 is 15.9 Å². The maximum atomic E-state index is 9.65. The molecule has 0 aliphatic carbocycles. The van der Waals surface area contributed by atoms with Crippen molar-refractivity contribution in [1.29, 1.82) is 0 Å². The van der Waals surface area contributed by atoms with Crippen LogP contribution in [0.15, 0.2) is 27.1 Å². The molecule has 0 spiro atoms. The summed E-state index contributed by atoms with van der Waals surface area (Å²) in [5, 5.41) is 10.8. The molecule has 3 heteroatoms. The van der Waals surface area contributed by atoms with Gasteiger partial charge >= 0.3 is 0 Å². The smallest absolute Gasteiger partial charge is 0.134 e. The number of furan rings is 1. The fraction of sp³-hybridized carbons (Fsp3) is 0.385. The minimum absolute atomic E-state index is 0.317. The second kappa shape index (κ2) is 4.60. The lowest BCUT2D eigenvalue weighted by Gasteiger charge is -2.04. The maximum absolute atomic E-state index is 9.65. The molecule has 0 saturated carbocycles. The molecule has 0 bridgehead atoms. The third-order valence-electron chi connectivity index (χ3n) is 2.89. The van der Waals surface area contributed by atoms with Crippen molar-refractivity contribution in [1.82, 2.24) is 0 Å². The van der Waals surface area contributed by atoms with Gasteiger partial charge in [-0.25, -0.2) is 0 Å². The zero-order valence-electron chi connectivity index (χ0n) is 9.46. The molecular weight excluding hydrogens is 268 g/mol. The molecule has 2 aromatic rings. The van der Waals surface area contributed by atoms with E-state index in [0.717, 1.165) is 33.2 Å². The summed E-state index contributed by atoms with van der Waals surface area (Å²) in [6.07, 6.45) is 1.03. The highest BCUT2D eigenvalue weighted by molar-refractivity contribution is 9.10. The van der Waals surface area contributed by atoms with Crippen molar-refractivity contribution in [3.63, 3.8) is 0 Å². The van der Waals surface area contributed by atoms with Crippen LogP contribution in [0.2, 0.25) is 0 Å². The van der Waals surface area contributed by atoms with Crippen molar-refractivity contribution in [3.05, 3.63) is 34.0 Å². The van der Waals surface area contributed by atoms with Crippen LogP contribution in [0.1, 0.15) is 24.7 Å². The Hall–Kier alpha value is -0.800. The third kappa shape index (κ3) is 2.15. The van der Waals surface area contributed by atoms with Gasteiger partial charge in [0, 0.05) is 16.3 Å². The van der Waals surface area contributed by atoms with E-state index < -0.39 is 0 Å². The van der Waals surface area contributed by atoms with Gasteiger partial charge in [-0.1, -0.05) is 22.9 Å². The monoisotopic (exact) mass is 282 g/mol. The first kappa shape index (κ1) is 11.7. The highest BCUT2D eigenvalue weighted by atomic mass is 79.9. The summed E-state index contributed by atoms with van der Waals surface area (Å²) in [4.78, 5) is 0. The zero-order valence-corrected chi connectivity index (χ0v) is 11.0. The Labute approximate surface area is 103 Å². The van der Waals surface area contributed by atoms with Gasteiger partial charge in [0.25, 0.3) is 0 Å². The molecule has 1 N–H and O–H groups in total. The SMILES string of the molecule is CCC(O)Cc1oc2ccc(Br)cc2c1C. The second-order valence-electron chi connectivity index (χ2n) is 4.06. The standard InChI is InChI=1S/C13H15BrO2/c1-3-10(15)7-13-8(2)11-6-9(14)4-5-12(11)16-13/h4-6,10,15H,3,7H2,1-2H3. The molecule has 0 amide bonds. The van der Waals surface area contributed by atoms with E-state index in [0.29, 0.717) is 6.42 Å². The average Bonchev–Trinajstić information content (AvgIpc) is 2.56. The number of benzene rings is 1. The largest absolute Gasteiger partial charge is 0.461 e. The molecule has 16 heavy (non-hydrogen) atoms. The Bertz CT molecular complexity index is 502. The fourth-order valence-electron chi connectivity index (χ4n) is 1.80. The van der Waals surface area contributed by atoms with Crippen LogP contribution < -0.4 is 0 Å². The van der Waals surface area contributed by atoms with Crippen molar-refractivity contribution in [2.45, 2.75) is 32.8 Å². The molecule has 0 saturated heterocycles. The molecule has 0 radical (unpaired) electrons. The second-order valence-corrected chi connectivity index (χ2v) is 4.97. The Kier molecular flexibility index (Phi) is 3.36. The molecule has 2 rings (SSSR count). The summed E-state index contributed by atoms with van der Waals surface area (Å²) in [7, 11) is 0. The molecule has 0 aliphatic heterocycles. The Morgan fingerprint density at radius 2 is 2.19 bits per heavy atom. The Morgan fingerprint density at radius 1 is 1.44 bits per heavy atom. The number of fused-ring (bicyclic) bond motifs is 1. The Balaban J connectivity index is 2.44. The van der Waals surface area contributed by atoms with Crippen molar-refractivity contribution in [2.75, 3.05) is 0 Å². The first-order valence-electron chi connectivity index (χ1n) is 5.47. The van der Waals surface area contributed by atoms with E-state index in [1.165, 1.54) is 0 Å². The van der Waals surface area contributed by atoms with Gasteiger partial charge in [-0.15, -0.1) is 0 Å². The topological polar surface area (TPSA) is 33.4 Å². The van der Waals surface area contributed by atoms with Crippen LogP contribution in [-0.4, -0.2) is 11.2 Å². The molecule has 1 aromatic heterocycles. The lowest BCUT2D eigenvalue weighted by Crippen LogP contribution is -2.08. The lowest BCUT2D eigenvalue weighted by molar-refractivity contribution is 0.164. The average molecular weight is 283 g/mol. The van der Waals surface area contributed by atoms with E-state index in [1.807, 2.05) is 26.0 Å². The van der Waals surface area contributed by atoms with Crippen molar-refractivity contribution in [2.24, 2.45) is 0 Å². The number of hydrogen-bond donors (Lipinski definition) is 1. The van der Waals surface area contributed by atoms with Gasteiger partial charge in [0.2, 0.25) is 0 Å². The summed E-state index contributed by atoms with van der Waals surface area (Å²) < 4.78 is 6.79. The van der Waals surface area contributed by atoms with Crippen LogP contribution in [0.4, 0.5) is 0 Å². The predicted molar refractivity (Wildman–Crippen MR) is 68.7 cm³/mol. The molecule has 1 atom stereocenters. The molecule has 1 heterocycles. The van der Waals surface area contributed by atoms with Gasteiger partial charge in [-0.2, -0.15) is 0 Å². The summed E-state index contributed by atoms with van der Waals surface area (Å²) in [6.45, 7) is 4.01. The molecule has 86 valence electrons. The summed E-state index contributed by atoms with van der Waals surface area (Å²) in [5.41, 5.74) is 2.02. The quantitative estimate of drug-likeness (QED) is 0.929. The van der Waals surface area contributed by atoms with Gasteiger partial charge in [-0.05, 0) is 37.1 Å². The minimum atomic E-state index is -0.317. The van der Waals surface area contributed by atoms with E-state index in [1.54, 1.807) is 0 Å². The number of aryl methyl sites for hydroxylation is 1. The number of halogens is 1. The predicted octanol–water partition coefficient (Wildman–Crippen LogP) is 3.82. The third-order valence-corrected chi connectivity index (χ3v) is 3.38. The highest BCUT2D eigenvalue weighted by Gasteiger charge is 2.13. The summed E-state index contributed by atoms with van der Waals surface area (Å²) in [6, 6.07) is 5.97. The van der Waals surface area contributed by atoms with E-state index >= 15 is 0 Å². The number of rotatable bonds is 3. The number of hydrogen-bond acceptors (Lipinski definition) is 2. The van der Waals surface area contributed by atoms with Crippen LogP contribution in [0.3, 0.4) is 0 Å². The maximum Gasteiger partial charge on any atom is 0.134 e. The fourth-order valence-corrected chi connectivity index (χ4v) is 2.16. The first-order valence-corrected chi connectivity index (χ1v) is 6.26. The molecule has 1 aromatic carbocycles. The van der Waals surface area contributed by atoms with Gasteiger partial charge in [0.1, 0.15) is 11.3 Å². The van der Waals surface area contributed by atoms with Gasteiger partial charge in [-0.3, -0.25) is 0 Å². The van der Waals surface area contributed by atoms with Crippen LogP contribution in [-0.2, 0) is 6.42 Å². The van der Waals surface area contributed by atoms with Crippen LogP contribution in [0, 0.1) is 6.92 Å². The van der Waals surface area contributed by atoms with Crippen LogP contribution in [0.25, 0.3) is 11.0 Å². The highest BCUT2D eigenvalue weighted by Crippen LogP contribution is 2.28. The summed E-state index contributed by atoms with van der Waals surface area (Å²) >= 11 is 3.45. The Morgan fingerprint density at radius 3 is 2.88 bits per heavy atom. The zero-order chi connectivity index (χ0) is 11.7. The van der Waals surface area contributed by atoms with E-state index in [4.69, 9.17) is 4.42 Å². The van der Waals surface area contributed by atoms with E-state index in [2.05, 4.69) is 22.0 Å². The van der Waals surface area contributed by atoms with E-state index in [9.17, 15) is 5.11 Å². The van der Waals surface area contributed by atoms with Gasteiger partial charge in [0.15, 0.2) is 0 Å².